The van der Waals surface area contributed by atoms with Gasteiger partial charge in [0, 0.05) is 38.9 Å². The summed E-state index contributed by atoms with van der Waals surface area (Å²) in [6, 6.07) is 1.97. The molecule has 1 aromatic heterocycles. The molecule has 2 rings (SSSR count). The lowest BCUT2D eigenvalue weighted by Crippen LogP contribution is -2.32. The summed E-state index contributed by atoms with van der Waals surface area (Å²) in [6.45, 7) is 8.00. The quantitative estimate of drug-likeness (QED) is 0.803. The normalized spacial score (nSPS) is 17.0. The van der Waals surface area contributed by atoms with Gasteiger partial charge in [0.1, 0.15) is 5.82 Å². The lowest BCUT2D eigenvalue weighted by atomic mass is 10.3. The second-order valence-electron chi connectivity index (χ2n) is 5.07. The summed E-state index contributed by atoms with van der Waals surface area (Å²) < 4.78 is 0. The fourth-order valence-corrected chi connectivity index (χ4v) is 2.41. The van der Waals surface area contributed by atoms with Crippen LogP contribution in [0.25, 0.3) is 0 Å². The molecule has 6 heteroatoms. The zero-order chi connectivity index (χ0) is 14.2. The summed E-state index contributed by atoms with van der Waals surface area (Å²) in [7, 11) is 0. The molecule has 1 aromatic rings. The molecule has 1 saturated heterocycles. The SMILES string of the molecule is CCCNc1nccc(N2CCCN(CCO)CC2)n1. The van der Waals surface area contributed by atoms with Crippen molar-refractivity contribution in [2.24, 2.45) is 0 Å². The zero-order valence-electron chi connectivity index (χ0n) is 12.3. The van der Waals surface area contributed by atoms with Crippen molar-refractivity contribution < 1.29 is 5.11 Å². The fourth-order valence-electron chi connectivity index (χ4n) is 2.41. The second kappa shape index (κ2) is 8.01. The molecular formula is C14H25N5O. The first kappa shape index (κ1) is 15.0. The van der Waals surface area contributed by atoms with E-state index in [2.05, 4.69) is 32.0 Å². The highest BCUT2D eigenvalue weighted by Crippen LogP contribution is 2.14. The Kier molecular flexibility index (Phi) is 6.01. The van der Waals surface area contributed by atoms with Gasteiger partial charge >= 0.3 is 0 Å². The van der Waals surface area contributed by atoms with Crippen molar-refractivity contribution in [2.45, 2.75) is 19.8 Å². The molecule has 1 aliphatic heterocycles. The third-order valence-corrected chi connectivity index (χ3v) is 3.50. The van der Waals surface area contributed by atoms with Crippen LogP contribution in [-0.4, -0.2) is 65.8 Å². The number of hydrogen-bond donors (Lipinski definition) is 2. The van der Waals surface area contributed by atoms with Crippen LogP contribution in [0.4, 0.5) is 11.8 Å². The minimum absolute atomic E-state index is 0.235. The van der Waals surface area contributed by atoms with Gasteiger partial charge < -0.3 is 15.3 Å². The molecule has 0 bridgehead atoms. The smallest absolute Gasteiger partial charge is 0.224 e. The first-order valence-corrected chi connectivity index (χ1v) is 7.48. The Bertz CT molecular complexity index is 401. The Balaban J connectivity index is 1.96. The van der Waals surface area contributed by atoms with E-state index in [1.165, 1.54) is 0 Å². The van der Waals surface area contributed by atoms with E-state index >= 15 is 0 Å². The van der Waals surface area contributed by atoms with Crippen molar-refractivity contribution in [3.8, 4) is 0 Å². The van der Waals surface area contributed by atoms with Gasteiger partial charge in [-0.25, -0.2) is 4.98 Å². The third kappa shape index (κ3) is 4.31. The molecule has 112 valence electrons. The molecule has 0 aliphatic carbocycles. The van der Waals surface area contributed by atoms with Gasteiger partial charge in [0.2, 0.25) is 5.95 Å². The zero-order valence-corrected chi connectivity index (χ0v) is 12.3. The Hall–Kier alpha value is -1.40. The summed E-state index contributed by atoms with van der Waals surface area (Å²) in [5.41, 5.74) is 0. The molecule has 1 aliphatic rings. The highest BCUT2D eigenvalue weighted by Gasteiger charge is 2.15. The van der Waals surface area contributed by atoms with Gasteiger partial charge in [-0.2, -0.15) is 4.98 Å². The minimum Gasteiger partial charge on any atom is -0.395 e. The molecule has 0 atom stereocenters. The summed E-state index contributed by atoms with van der Waals surface area (Å²) in [4.78, 5) is 13.4. The van der Waals surface area contributed by atoms with Crippen LogP contribution in [0.2, 0.25) is 0 Å². The molecule has 1 fully saturated rings. The first-order chi connectivity index (χ1) is 9.83. The highest BCUT2D eigenvalue weighted by molar-refractivity contribution is 5.42. The van der Waals surface area contributed by atoms with Gasteiger partial charge in [-0.05, 0) is 25.5 Å². The lowest BCUT2D eigenvalue weighted by molar-refractivity contribution is 0.204. The van der Waals surface area contributed by atoms with Crippen molar-refractivity contribution in [3.05, 3.63) is 12.3 Å². The van der Waals surface area contributed by atoms with Gasteiger partial charge in [0.05, 0.1) is 6.61 Å². The molecule has 20 heavy (non-hydrogen) atoms. The maximum Gasteiger partial charge on any atom is 0.224 e. The first-order valence-electron chi connectivity index (χ1n) is 7.48. The number of rotatable bonds is 6. The van der Waals surface area contributed by atoms with E-state index in [1.807, 2.05) is 12.3 Å². The van der Waals surface area contributed by atoms with Crippen molar-refractivity contribution in [1.82, 2.24) is 14.9 Å². The average molecular weight is 279 g/mol. The van der Waals surface area contributed by atoms with E-state index in [0.717, 1.165) is 57.9 Å². The summed E-state index contributed by atoms with van der Waals surface area (Å²) in [5.74, 6) is 1.70. The monoisotopic (exact) mass is 279 g/mol. The van der Waals surface area contributed by atoms with Crippen LogP contribution in [0.3, 0.4) is 0 Å². The molecule has 0 spiro atoms. The van der Waals surface area contributed by atoms with Gasteiger partial charge in [0.25, 0.3) is 0 Å². The molecule has 0 saturated carbocycles. The largest absolute Gasteiger partial charge is 0.395 e. The molecule has 2 N–H and O–H groups in total. The van der Waals surface area contributed by atoms with E-state index in [1.54, 1.807) is 0 Å². The van der Waals surface area contributed by atoms with Crippen LogP contribution in [-0.2, 0) is 0 Å². The van der Waals surface area contributed by atoms with Gasteiger partial charge in [-0.3, -0.25) is 4.90 Å². The molecule has 0 aromatic carbocycles. The predicted octanol–water partition coefficient (Wildman–Crippen LogP) is 0.803. The summed E-state index contributed by atoms with van der Waals surface area (Å²) in [6.07, 6.45) is 3.98. The van der Waals surface area contributed by atoms with Crippen molar-refractivity contribution >= 4 is 11.8 Å². The lowest BCUT2D eigenvalue weighted by Gasteiger charge is -2.22. The third-order valence-electron chi connectivity index (χ3n) is 3.50. The molecule has 0 radical (unpaired) electrons. The predicted molar refractivity (Wildman–Crippen MR) is 81.2 cm³/mol. The minimum atomic E-state index is 0.235. The molecular weight excluding hydrogens is 254 g/mol. The number of hydrogen-bond acceptors (Lipinski definition) is 6. The Labute approximate surface area is 120 Å². The Morgan fingerprint density at radius 2 is 2.20 bits per heavy atom. The maximum atomic E-state index is 9.03. The number of aromatic nitrogens is 2. The topological polar surface area (TPSA) is 64.5 Å². The highest BCUT2D eigenvalue weighted by atomic mass is 16.3. The molecule has 6 nitrogen and oxygen atoms in total. The van der Waals surface area contributed by atoms with Crippen molar-refractivity contribution in [1.29, 1.82) is 0 Å². The standard InChI is InChI=1S/C14H25N5O/c1-2-5-15-14-16-6-4-13(17-14)19-8-3-7-18(9-10-19)11-12-20/h4,6,20H,2-3,5,7-12H2,1H3,(H,15,16,17). The number of aliphatic hydroxyl groups is 1. The van der Waals surface area contributed by atoms with Gasteiger partial charge in [-0.15, -0.1) is 0 Å². The second-order valence-corrected chi connectivity index (χ2v) is 5.07. The maximum absolute atomic E-state index is 9.03. The van der Waals surface area contributed by atoms with Crippen molar-refractivity contribution in [2.75, 3.05) is 56.1 Å². The summed E-state index contributed by atoms with van der Waals surface area (Å²) >= 11 is 0. The Morgan fingerprint density at radius 1 is 1.30 bits per heavy atom. The number of aliphatic hydroxyl groups excluding tert-OH is 1. The van der Waals surface area contributed by atoms with E-state index in [9.17, 15) is 0 Å². The van der Waals surface area contributed by atoms with E-state index in [-0.39, 0.29) is 6.61 Å². The van der Waals surface area contributed by atoms with Crippen molar-refractivity contribution in [3.63, 3.8) is 0 Å². The van der Waals surface area contributed by atoms with Crippen LogP contribution in [0.15, 0.2) is 12.3 Å². The van der Waals surface area contributed by atoms with Gasteiger partial charge in [-0.1, -0.05) is 6.92 Å². The van der Waals surface area contributed by atoms with E-state index in [0.29, 0.717) is 5.95 Å². The summed E-state index contributed by atoms with van der Waals surface area (Å²) in [5, 5.41) is 12.3. The number of anilines is 2. The van der Waals surface area contributed by atoms with E-state index < -0.39 is 0 Å². The van der Waals surface area contributed by atoms with Crippen LogP contribution in [0, 0.1) is 0 Å². The number of β-amino-alcohol motifs (C(OH)–C–C–N with tert-alkyl or cyclic N) is 1. The van der Waals surface area contributed by atoms with Crippen LogP contribution < -0.4 is 10.2 Å². The molecule has 0 amide bonds. The number of nitrogens with zero attached hydrogens (tertiary/aromatic N) is 4. The number of nitrogens with one attached hydrogen (secondary N) is 1. The van der Waals surface area contributed by atoms with Crippen LogP contribution in [0.1, 0.15) is 19.8 Å². The fraction of sp³-hybridized carbons (Fsp3) is 0.714. The average Bonchev–Trinajstić information content (AvgIpc) is 2.72. The molecule has 2 heterocycles. The molecule has 0 unspecified atom stereocenters. The van der Waals surface area contributed by atoms with E-state index in [4.69, 9.17) is 5.11 Å². The Morgan fingerprint density at radius 3 is 3.00 bits per heavy atom. The van der Waals surface area contributed by atoms with Gasteiger partial charge in [0.15, 0.2) is 0 Å². The van der Waals surface area contributed by atoms with Crippen LogP contribution in [0.5, 0.6) is 0 Å². The van der Waals surface area contributed by atoms with Crippen LogP contribution >= 0.6 is 0 Å².